The van der Waals surface area contributed by atoms with E-state index >= 15 is 0 Å². The summed E-state index contributed by atoms with van der Waals surface area (Å²) in [6.45, 7) is 8.73. The second-order valence-corrected chi connectivity index (χ2v) is 6.66. The molecule has 0 bridgehead atoms. The Morgan fingerprint density at radius 3 is 2.78 bits per heavy atom. The number of aryl methyl sites for hydroxylation is 1. The number of nitrogens with zero attached hydrogens (tertiary/aromatic N) is 1. The van der Waals surface area contributed by atoms with E-state index in [1.165, 1.54) is 22.1 Å². The predicted molar refractivity (Wildman–Crippen MR) is 82.1 cm³/mol. The number of hydrogen-bond donors (Lipinski definition) is 1. The van der Waals surface area contributed by atoms with Crippen molar-refractivity contribution in [3.05, 3.63) is 28.2 Å². The zero-order valence-electron chi connectivity index (χ0n) is 11.5. The van der Waals surface area contributed by atoms with Gasteiger partial charge in [0.15, 0.2) is 0 Å². The van der Waals surface area contributed by atoms with Crippen LogP contribution in [0.3, 0.4) is 0 Å². The summed E-state index contributed by atoms with van der Waals surface area (Å²) < 4.78 is 1.19. The highest BCUT2D eigenvalue weighted by Gasteiger charge is 2.40. The van der Waals surface area contributed by atoms with Gasteiger partial charge in [-0.2, -0.15) is 0 Å². The van der Waals surface area contributed by atoms with Gasteiger partial charge in [0.25, 0.3) is 0 Å². The number of halogens is 1. The molecule has 2 nitrogen and oxygen atoms in total. The average molecular weight is 311 g/mol. The summed E-state index contributed by atoms with van der Waals surface area (Å²) in [7, 11) is 0. The molecular formula is C15H23BrN2. The summed E-state index contributed by atoms with van der Waals surface area (Å²) in [6.07, 6.45) is 2.37. The SMILES string of the molecule is Cc1ccc(N2CCC(CCN)C2(C)C)cc1Br. The van der Waals surface area contributed by atoms with Crippen LogP contribution in [0.2, 0.25) is 0 Å². The van der Waals surface area contributed by atoms with Gasteiger partial charge in [-0.25, -0.2) is 0 Å². The molecule has 1 fully saturated rings. The van der Waals surface area contributed by atoms with Crippen LogP contribution in [0.15, 0.2) is 22.7 Å². The van der Waals surface area contributed by atoms with Crippen LogP contribution in [0.25, 0.3) is 0 Å². The fourth-order valence-corrected chi connectivity index (χ4v) is 3.42. The van der Waals surface area contributed by atoms with Crippen molar-refractivity contribution < 1.29 is 0 Å². The molecule has 2 N–H and O–H groups in total. The highest BCUT2D eigenvalue weighted by Crippen LogP contribution is 2.40. The van der Waals surface area contributed by atoms with Crippen LogP contribution in [-0.4, -0.2) is 18.6 Å². The summed E-state index contributed by atoms with van der Waals surface area (Å²) in [6, 6.07) is 6.65. The van der Waals surface area contributed by atoms with E-state index in [9.17, 15) is 0 Å². The van der Waals surface area contributed by atoms with Gasteiger partial charge in [0, 0.05) is 22.2 Å². The third-order valence-electron chi connectivity index (χ3n) is 4.38. The van der Waals surface area contributed by atoms with Crippen LogP contribution in [-0.2, 0) is 0 Å². The highest BCUT2D eigenvalue weighted by atomic mass is 79.9. The van der Waals surface area contributed by atoms with Crippen molar-refractivity contribution in [2.45, 2.75) is 39.2 Å². The number of anilines is 1. The van der Waals surface area contributed by atoms with E-state index in [-0.39, 0.29) is 5.54 Å². The Hall–Kier alpha value is -0.540. The van der Waals surface area contributed by atoms with Gasteiger partial charge in [0.05, 0.1) is 0 Å². The van der Waals surface area contributed by atoms with E-state index in [0.29, 0.717) is 5.92 Å². The standard InChI is InChI=1S/C15H23BrN2/c1-11-4-5-13(10-14(11)16)18-9-7-12(6-8-17)15(18,2)3/h4-5,10,12H,6-9,17H2,1-3H3. The minimum atomic E-state index is 0.202. The molecule has 0 amide bonds. The molecule has 100 valence electrons. The monoisotopic (exact) mass is 310 g/mol. The van der Waals surface area contributed by atoms with E-state index in [0.717, 1.165) is 19.5 Å². The van der Waals surface area contributed by atoms with Gasteiger partial charge in [-0.15, -0.1) is 0 Å². The Morgan fingerprint density at radius 2 is 2.17 bits per heavy atom. The molecule has 1 aliphatic rings. The maximum Gasteiger partial charge on any atom is 0.0382 e. The Kier molecular flexibility index (Phi) is 4.02. The van der Waals surface area contributed by atoms with E-state index in [2.05, 4.69) is 59.8 Å². The van der Waals surface area contributed by atoms with Gasteiger partial charge in [0.2, 0.25) is 0 Å². The zero-order valence-corrected chi connectivity index (χ0v) is 13.1. The fourth-order valence-electron chi connectivity index (χ4n) is 3.06. The van der Waals surface area contributed by atoms with E-state index in [1.807, 2.05) is 0 Å². The average Bonchev–Trinajstić information content (AvgIpc) is 2.60. The molecule has 0 radical (unpaired) electrons. The quantitative estimate of drug-likeness (QED) is 0.922. The first-order valence-electron chi connectivity index (χ1n) is 6.70. The third kappa shape index (κ3) is 2.43. The van der Waals surface area contributed by atoms with Crippen molar-refractivity contribution in [2.75, 3.05) is 18.0 Å². The van der Waals surface area contributed by atoms with Gasteiger partial charge in [-0.05, 0) is 63.8 Å². The lowest BCUT2D eigenvalue weighted by Gasteiger charge is -2.38. The Balaban J connectivity index is 2.26. The van der Waals surface area contributed by atoms with Crippen molar-refractivity contribution in [3.8, 4) is 0 Å². The molecule has 1 unspecified atom stereocenters. The lowest BCUT2D eigenvalue weighted by molar-refractivity contribution is 0.348. The van der Waals surface area contributed by atoms with Crippen LogP contribution < -0.4 is 10.6 Å². The molecule has 0 aliphatic carbocycles. The summed E-state index contributed by atoms with van der Waals surface area (Å²) in [5.74, 6) is 0.697. The summed E-state index contributed by atoms with van der Waals surface area (Å²) in [5, 5.41) is 0. The minimum absolute atomic E-state index is 0.202. The fraction of sp³-hybridized carbons (Fsp3) is 0.600. The highest BCUT2D eigenvalue weighted by molar-refractivity contribution is 9.10. The van der Waals surface area contributed by atoms with Gasteiger partial charge >= 0.3 is 0 Å². The Morgan fingerprint density at radius 1 is 1.44 bits per heavy atom. The largest absolute Gasteiger partial charge is 0.366 e. The molecule has 1 aromatic rings. The number of hydrogen-bond acceptors (Lipinski definition) is 2. The van der Waals surface area contributed by atoms with Crippen molar-refractivity contribution in [1.82, 2.24) is 0 Å². The summed E-state index contributed by atoms with van der Waals surface area (Å²) in [4.78, 5) is 2.53. The zero-order chi connectivity index (χ0) is 13.3. The Bertz CT molecular complexity index is 429. The van der Waals surface area contributed by atoms with Gasteiger partial charge in [0.1, 0.15) is 0 Å². The molecule has 1 aromatic carbocycles. The molecule has 0 aromatic heterocycles. The second-order valence-electron chi connectivity index (χ2n) is 5.80. The summed E-state index contributed by atoms with van der Waals surface area (Å²) in [5.41, 5.74) is 8.54. The van der Waals surface area contributed by atoms with Crippen molar-refractivity contribution in [3.63, 3.8) is 0 Å². The van der Waals surface area contributed by atoms with Crippen LogP contribution in [0.5, 0.6) is 0 Å². The normalized spacial score (nSPS) is 22.5. The van der Waals surface area contributed by atoms with Crippen LogP contribution in [0.1, 0.15) is 32.3 Å². The van der Waals surface area contributed by atoms with Crippen molar-refractivity contribution in [2.24, 2.45) is 11.7 Å². The van der Waals surface area contributed by atoms with Crippen LogP contribution >= 0.6 is 15.9 Å². The summed E-state index contributed by atoms with van der Waals surface area (Å²) >= 11 is 3.63. The van der Waals surface area contributed by atoms with Crippen molar-refractivity contribution in [1.29, 1.82) is 0 Å². The van der Waals surface area contributed by atoms with E-state index in [4.69, 9.17) is 5.73 Å². The molecule has 1 atom stereocenters. The molecule has 18 heavy (non-hydrogen) atoms. The lowest BCUT2D eigenvalue weighted by Crippen LogP contribution is -2.43. The maximum absolute atomic E-state index is 5.73. The molecule has 1 saturated heterocycles. The molecule has 0 saturated carbocycles. The first-order valence-corrected chi connectivity index (χ1v) is 7.50. The third-order valence-corrected chi connectivity index (χ3v) is 5.23. The molecule has 2 rings (SSSR count). The van der Waals surface area contributed by atoms with Gasteiger partial charge in [-0.1, -0.05) is 22.0 Å². The molecule has 1 aliphatic heterocycles. The van der Waals surface area contributed by atoms with Crippen LogP contribution in [0.4, 0.5) is 5.69 Å². The van der Waals surface area contributed by atoms with Crippen LogP contribution in [0, 0.1) is 12.8 Å². The number of benzene rings is 1. The van der Waals surface area contributed by atoms with E-state index < -0.39 is 0 Å². The Labute approximate surface area is 119 Å². The van der Waals surface area contributed by atoms with Gasteiger partial charge in [-0.3, -0.25) is 0 Å². The van der Waals surface area contributed by atoms with Gasteiger partial charge < -0.3 is 10.6 Å². The van der Waals surface area contributed by atoms with E-state index in [1.54, 1.807) is 0 Å². The first kappa shape index (κ1) is 13.9. The second kappa shape index (κ2) is 5.22. The smallest absolute Gasteiger partial charge is 0.0382 e. The topological polar surface area (TPSA) is 29.3 Å². The number of rotatable bonds is 3. The maximum atomic E-state index is 5.73. The number of nitrogens with two attached hydrogens (primary N) is 1. The predicted octanol–water partition coefficient (Wildman–Crippen LogP) is 3.71. The molecular weight excluding hydrogens is 288 g/mol. The minimum Gasteiger partial charge on any atom is -0.366 e. The lowest BCUT2D eigenvalue weighted by atomic mass is 9.85. The molecule has 3 heteroatoms. The first-order chi connectivity index (χ1) is 8.46. The molecule has 0 spiro atoms. The van der Waals surface area contributed by atoms with Crippen molar-refractivity contribution >= 4 is 21.6 Å². The molecule has 1 heterocycles.